The highest BCUT2D eigenvalue weighted by Gasteiger charge is 2.18. The minimum atomic E-state index is -0.582. The topological polar surface area (TPSA) is 111 Å². The number of pyridine rings is 1. The van der Waals surface area contributed by atoms with Crippen molar-refractivity contribution in [2.75, 3.05) is 5.43 Å². The molecule has 0 aliphatic carbocycles. The number of hydrazone groups is 1. The van der Waals surface area contributed by atoms with Crippen LogP contribution in [0.2, 0.25) is 0 Å². The van der Waals surface area contributed by atoms with E-state index in [9.17, 15) is 10.1 Å². The van der Waals surface area contributed by atoms with E-state index in [0.717, 1.165) is 5.56 Å². The van der Waals surface area contributed by atoms with E-state index in [-0.39, 0.29) is 5.88 Å². The van der Waals surface area contributed by atoms with E-state index in [0.29, 0.717) is 29.4 Å². The largest absolute Gasteiger partial charge is 0.433 e. The molecule has 3 heterocycles. The molecule has 0 atom stereocenters. The normalized spacial score (nSPS) is 11.0. The van der Waals surface area contributed by atoms with Crippen LogP contribution in [0.3, 0.4) is 0 Å². The van der Waals surface area contributed by atoms with Gasteiger partial charge in [0.05, 0.1) is 18.8 Å². The lowest BCUT2D eigenvalue weighted by atomic mass is 10.2. The zero-order chi connectivity index (χ0) is 20.1. The molecule has 144 valence electrons. The molecule has 4 aromatic rings. The molecule has 0 spiro atoms. The van der Waals surface area contributed by atoms with Crippen molar-refractivity contribution in [3.05, 3.63) is 94.3 Å². The van der Waals surface area contributed by atoms with Crippen molar-refractivity contribution in [3.8, 4) is 11.5 Å². The van der Waals surface area contributed by atoms with Gasteiger partial charge in [-0.2, -0.15) is 10.2 Å². The molecule has 4 rings (SSSR count). The van der Waals surface area contributed by atoms with Crippen molar-refractivity contribution in [2.24, 2.45) is 5.10 Å². The number of aromatic nitrogens is 3. The van der Waals surface area contributed by atoms with Gasteiger partial charge in [-0.3, -0.25) is 20.2 Å². The maximum atomic E-state index is 10.9. The molecular weight excluding hydrogens is 372 g/mol. The van der Waals surface area contributed by atoms with Gasteiger partial charge >= 0.3 is 5.88 Å². The van der Waals surface area contributed by atoms with E-state index in [1.54, 1.807) is 29.4 Å². The lowest BCUT2D eigenvalue weighted by molar-refractivity contribution is -0.401. The Kier molecular flexibility index (Phi) is 5.10. The number of hydrogen-bond acceptors (Lipinski definition) is 7. The van der Waals surface area contributed by atoms with Crippen LogP contribution in [0.25, 0.3) is 11.5 Å². The highest BCUT2D eigenvalue weighted by atomic mass is 16.6. The van der Waals surface area contributed by atoms with Gasteiger partial charge in [-0.25, -0.2) is 4.98 Å². The number of rotatable bonds is 7. The number of furan rings is 1. The third kappa shape index (κ3) is 4.35. The lowest BCUT2D eigenvalue weighted by Crippen LogP contribution is -1.99. The summed E-state index contributed by atoms with van der Waals surface area (Å²) in [4.78, 5) is 14.5. The Morgan fingerprint density at radius 3 is 2.69 bits per heavy atom. The SMILES string of the molecule is O=[N+]([O-])c1ccc(-c2nn(Cc3ccccc3)cc2C=NNc2ccccn2)o1. The fourth-order valence-corrected chi connectivity index (χ4v) is 2.72. The van der Waals surface area contributed by atoms with Gasteiger partial charge in [0.1, 0.15) is 16.4 Å². The Morgan fingerprint density at radius 1 is 1.14 bits per heavy atom. The van der Waals surface area contributed by atoms with Crippen LogP contribution >= 0.6 is 0 Å². The first-order valence-electron chi connectivity index (χ1n) is 8.75. The van der Waals surface area contributed by atoms with Gasteiger partial charge in [-0.1, -0.05) is 36.4 Å². The highest BCUT2D eigenvalue weighted by Crippen LogP contribution is 2.27. The molecule has 1 N–H and O–H groups in total. The predicted molar refractivity (Wildman–Crippen MR) is 108 cm³/mol. The summed E-state index contributed by atoms with van der Waals surface area (Å²) < 4.78 is 7.07. The molecule has 0 saturated heterocycles. The first-order valence-corrected chi connectivity index (χ1v) is 8.75. The molecule has 0 amide bonds. The van der Waals surface area contributed by atoms with Gasteiger partial charge in [0, 0.05) is 18.0 Å². The van der Waals surface area contributed by atoms with Crippen LogP contribution in [0.5, 0.6) is 0 Å². The molecule has 3 aromatic heterocycles. The minimum Gasteiger partial charge on any atom is -0.399 e. The molecule has 0 fully saturated rings. The number of nitrogens with zero attached hydrogens (tertiary/aromatic N) is 5. The molecule has 0 unspecified atom stereocenters. The number of hydrogen-bond donors (Lipinski definition) is 1. The van der Waals surface area contributed by atoms with Crippen molar-refractivity contribution in [3.63, 3.8) is 0 Å². The maximum Gasteiger partial charge on any atom is 0.433 e. The summed E-state index contributed by atoms with van der Waals surface area (Å²) in [5.74, 6) is 0.547. The van der Waals surface area contributed by atoms with Crippen LogP contribution in [0.4, 0.5) is 11.7 Å². The summed E-state index contributed by atoms with van der Waals surface area (Å²) >= 11 is 0. The second-order valence-electron chi connectivity index (χ2n) is 6.10. The van der Waals surface area contributed by atoms with Gasteiger partial charge in [0.25, 0.3) is 0 Å². The number of anilines is 1. The quantitative estimate of drug-likeness (QED) is 0.292. The van der Waals surface area contributed by atoms with Crippen LogP contribution in [-0.4, -0.2) is 25.9 Å². The summed E-state index contributed by atoms with van der Waals surface area (Å²) in [5, 5.41) is 19.7. The van der Waals surface area contributed by atoms with Gasteiger partial charge in [-0.05, 0) is 23.8 Å². The average Bonchev–Trinajstić information content (AvgIpc) is 3.37. The third-order valence-corrected chi connectivity index (χ3v) is 4.03. The Hall–Kier alpha value is -4.27. The van der Waals surface area contributed by atoms with E-state index in [1.807, 2.05) is 42.5 Å². The summed E-state index contributed by atoms with van der Waals surface area (Å²) in [6.07, 6.45) is 5.04. The van der Waals surface area contributed by atoms with Crippen molar-refractivity contribution in [1.29, 1.82) is 0 Å². The van der Waals surface area contributed by atoms with Crippen molar-refractivity contribution < 1.29 is 9.34 Å². The molecular formula is C20H16N6O3. The summed E-state index contributed by atoms with van der Waals surface area (Å²) in [7, 11) is 0. The molecule has 0 aliphatic rings. The van der Waals surface area contributed by atoms with Gasteiger partial charge in [-0.15, -0.1) is 0 Å². The van der Waals surface area contributed by atoms with Crippen molar-refractivity contribution >= 4 is 17.9 Å². The minimum absolute atomic E-state index is 0.294. The van der Waals surface area contributed by atoms with E-state index < -0.39 is 4.92 Å². The Balaban J connectivity index is 1.64. The lowest BCUT2D eigenvalue weighted by Gasteiger charge is -2.00. The molecule has 0 bridgehead atoms. The van der Waals surface area contributed by atoms with E-state index >= 15 is 0 Å². The zero-order valence-corrected chi connectivity index (χ0v) is 15.2. The van der Waals surface area contributed by atoms with Gasteiger partial charge < -0.3 is 4.42 Å². The monoisotopic (exact) mass is 388 g/mol. The summed E-state index contributed by atoms with van der Waals surface area (Å²) in [5.41, 5.74) is 5.01. The first-order chi connectivity index (χ1) is 14.2. The summed E-state index contributed by atoms with van der Waals surface area (Å²) in [6, 6.07) is 18.1. The van der Waals surface area contributed by atoms with Crippen LogP contribution in [0, 0.1) is 10.1 Å². The van der Waals surface area contributed by atoms with E-state index in [1.165, 1.54) is 12.1 Å². The van der Waals surface area contributed by atoms with E-state index in [4.69, 9.17) is 4.42 Å². The molecule has 0 saturated carbocycles. The maximum absolute atomic E-state index is 10.9. The fourth-order valence-electron chi connectivity index (χ4n) is 2.72. The van der Waals surface area contributed by atoms with Crippen molar-refractivity contribution in [1.82, 2.24) is 14.8 Å². The molecule has 29 heavy (non-hydrogen) atoms. The average molecular weight is 388 g/mol. The zero-order valence-electron chi connectivity index (χ0n) is 15.2. The summed E-state index contributed by atoms with van der Waals surface area (Å²) in [6.45, 7) is 0.540. The number of benzene rings is 1. The fraction of sp³-hybridized carbons (Fsp3) is 0.0500. The van der Waals surface area contributed by atoms with Crippen molar-refractivity contribution in [2.45, 2.75) is 6.54 Å². The standard InChI is InChI=1S/C20H16N6O3/c27-26(28)19-10-9-17(29-19)20-16(12-22-23-18-8-4-5-11-21-18)14-25(24-20)13-15-6-2-1-3-7-15/h1-12,14H,13H2,(H,21,23). The van der Waals surface area contributed by atoms with Crippen LogP contribution in [-0.2, 0) is 6.54 Å². The number of nitrogens with one attached hydrogen (secondary N) is 1. The molecule has 0 radical (unpaired) electrons. The first kappa shape index (κ1) is 18.1. The second-order valence-corrected chi connectivity index (χ2v) is 6.10. The van der Waals surface area contributed by atoms with Crippen LogP contribution in [0.15, 0.2) is 82.6 Å². The molecule has 9 nitrogen and oxygen atoms in total. The predicted octanol–water partition coefficient (Wildman–Crippen LogP) is 3.94. The smallest absolute Gasteiger partial charge is 0.399 e. The molecule has 1 aromatic carbocycles. The van der Waals surface area contributed by atoms with Gasteiger partial charge in [0.15, 0.2) is 5.76 Å². The van der Waals surface area contributed by atoms with E-state index in [2.05, 4.69) is 20.6 Å². The Labute approximate surface area is 165 Å². The Morgan fingerprint density at radius 2 is 1.97 bits per heavy atom. The highest BCUT2D eigenvalue weighted by molar-refractivity contribution is 5.88. The molecule has 0 aliphatic heterocycles. The Bertz CT molecular complexity index is 1140. The third-order valence-electron chi connectivity index (χ3n) is 4.03. The second kappa shape index (κ2) is 8.17. The molecule has 9 heteroatoms. The number of nitro groups is 1. The van der Waals surface area contributed by atoms with Crippen LogP contribution < -0.4 is 5.43 Å². The van der Waals surface area contributed by atoms with Gasteiger partial charge in [0.2, 0.25) is 0 Å². The van der Waals surface area contributed by atoms with Crippen LogP contribution in [0.1, 0.15) is 11.1 Å².